The molecule has 0 radical (unpaired) electrons. The van der Waals surface area contributed by atoms with E-state index in [0.717, 1.165) is 29.2 Å². The Kier molecular flexibility index (Phi) is 3.10. The number of nitrogens with zero attached hydrogens (tertiary/aromatic N) is 1. The molecule has 1 aliphatic rings. The van der Waals surface area contributed by atoms with Crippen LogP contribution in [0.5, 0.6) is 5.75 Å². The maximum atomic E-state index is 12.1. The van der Waals surface area contributed by atoms with Crippen molar-refractivity contribution in [1.29, 1.82) is 0 Å². The lowest BCUT2D eigenvalue weighted by Gasteiger charge is -2.27. The predicted molar refractivity (Wildman–Crippen MR) is 78.7 cm³/mol. The Morgan fingerprint density at radius 3 is 3.00 bits per heavy atom. The Labute approximate surface area is 117 Å². The van der Waals surface area contributed by atoms with Crippen molar-refractivity contribution in [1.82, 2.24) is 4.98 Å². The fourth-order valence-corrected chi connectivity index (χ4v) is 2.32. The van der Waals surface area contributed by atoms with Crippen molar-refractivity contribution in [2.24, 2.45) is 0 Å². The smallest absolute Gasteiger partial charge is 0.257 e. The quantitative estimate of drug-likeness (QED) is 0.882. The van der Waals surface area contributed by atoms with Gasteiger partial charge in [-0.1, -0.05) is 0 Å². The van der Waals surface area contributed by atoms with Gasteiger partial charge in [0.2, 0.25) is 0 Å². The number of H-pyrrole nitrogens is 1. The van der Waals surface area contributed by atoms with E-state index in [0.29, 0.717) is 12.2 Å². The number of nitrogens with one attached hydrogen (secondary N) is 2. The number of anilines is 2. The highest BCUT2D eigenvalue weighted by molar-refractivity contribution is 6.05. The highest BCUT2D eigenvalue weighted by atomic mass is 16.5. The zero-order valence-corrected chi connectivity index (χ0v) is 11.6. The van der Waals surface area contributed by atoms with Gasteiger partial charge >= 0.3 is 0 Å². The summed E-state index contributed by atoms with van der Waals surface area (Å²) in [7, 11) is 2.03. The van der Waals surface area contributed by atoms with Gasteiger partial charge in [0, 0.05) is 31.2 Å². The molecule has 1 aromatic carbocycles. The second-order valence-corrected chi connectivity index (χ2v) is 4.96. The van der Waals surface area contributed by atoms with E-state index in [2.05, 4.69) is 15.2 Å². The van der Waals surface area contributed by atoms with Crippen LogP contribution >= 0.6 is 0 Å². The highest BCUT2D eigenvalue weighted by Gasteiger charge is 2.16. The van der Waals surface area contributed by atoms with Gasteiger partial charge in [-0.05, 0) is 24.6 Å². The maximum absolute atomic E-state index is 12.1. The van der Waals surface area contributed by atoms with Gasteiger partial charge in [0.15, 0.2) is 0 Å². The first-order valence-electron chi connectivity index (χ1n) is 6.58. The lowest BCUT2D eigenvalue weighted by atomic mass is 10.2. The van der Waals surface area contributed by atoms with E-state index in [4.69, 9.17) is 4.74 Å². The fourth-order valence-electron chi connectivity index (χ4n) is 2.32. The van der Waals surface area contributed by atoms with Gasteiger partial charge in [0.05, 0.1) is 17.8 Å². The molecule has 5 nitrogen and oxygen atoms in total. The fraction of sp³-hybridized carbons (Fsp3) is 0.267. The molecule has 0 atom stereocenters. The lowest BCUT2D eigenvalue weighted by molar-refractivity contribution is 0.102. The van der Waals surface area contributed by atoms with Crippen LogP contribution in [0.15, 0.2) is 30.6 Å². The van der Waals surface area contributed by atoms with E-state index in [1.54, 1.807) is 12.4 Å². The van der Waals surface area contributed by atoms with Crippen molar-refractivity contribution >= 4 is 17.3 Å². The zero-order chi connectivity index (χ0) is 14.1. The molecule has 0 saturated heterocycles. The number of benzene rings is 1. The minimum atomic E-state index is -0.118. The van der Waals surface area contributed by atoms with Crippen LogP contribution in [0.4, 0.5) is 11.4 Å². The van der Waals surface area contributed by atoms with Crippen LogP contribution < -0.4 is 15.0 Å². The maximum Gasteiger partial charge on any atom is 0.257 e. The molecular formula is C15H17N3O2. The number of hydrogen-bond donors (Lipinski definition) is 2. The molecule has 2 heterocycles. The second kappa shape index (κ2) is 4.92. The highest BCUT2D eigenvalue weighted by Crippen LogP contribution is 2.33. The minimum absolute atomic E-state index is 0.118. The molecule has 104 valence electrons. The predicted octanol–water partition coefficient (Wildman–Crippen LogP) is 2.40. The van der Waals surface area contributed by atoms with Crippen LogP contribution in [0, 0.1) is 6.92 Å². The molecule has 20 heavy (non-hydrogen) atoms. The zero-order valence-electron chi connectivity index (χ0n) is 11.6. The van der Waals surface area contributed by atoms with Gasteiger partial charge in [-0.3, -0.25) is 4.79 Å². The number of likely N-dealkylation sites (N-methyl/N-ethyl adjacent to an activating group) is 1. The molecule has 0 saturated carbocycles. The van der Waals surface area contributed by atoms with Gasteiger partial charge in [0.1, 0.15) is 12.4 Å². The summed E-state index contributed by atoms with van der Waals surface area (Å²) in [6, 6.07) is 5.73. The van der Waals surface area contributed by atoms with Crippen molar-refractivity contribution in [3.05, 3.63) is 41.7 Å². The van der Waals surface area contributed by atoms with Gasteiger partial charge in [-0.15, -0.1) is 0 Å². The minimum Gasteiger partial charge on any atom is -0.489 e. The summed E-state index contributed by atoms with van der Waals surface area (Å²) >= 11 is 0. The third kappa shape index (κ3) is 2.22. The SMILES string of the molecule is Cc1c[nH]cc1C(=O)Nc1ccc2c(c1)OCCN2C. The van der Waals surface area contributed by atoms with E-state index < -0.39 is 0 Å². The van der Waals surface area contributed by atoms with Gasteiger partial charge in [-0.25, -0.2) is 0 Å². The largest absolute Gasteiger partial charge is 0.489 e. The lowest BCUT2D eigenvalue weighted by Crippen LogP contribution is -2.28. The Balaban J connectivity index is 1.82. The van der Waals surface area contributed by atoms with E-state index in [-0.39, 0.29) is 5.91 Å². The van der Waals surface area contributed by atoms with Crippen molar-refractivity contribution in [3.8, 4) is 5.75 Å². The van der Waals surface area contributed by atoms with Crippen LogP contribution in [0.1, 0.15) is 15.9 Å². The van der Waals surface area contributed by atoms with Crippen LogP contribution in [0.3, 0.4) is 0 Å². The molecule has 0 spiro atoms. The Morgan fingerprint density at radius 1 is 1.40 bits per heavy atom. The van der Waals surface area contributed by atoms with Crippen LogP contribution in [0.2, 0.25) is 0 Å². The van der Waals surface area contributed by atoms with Gasteiger partial charge < -0.3 is 19.9 Å². The first-order chi connectivity index (χ1) is 9.65. The number of rotatable bonds is 2. The number of ether oxygens (including phenoxy) is 1. The Bertz CT molecular complexity index is 648. The van der Waals surface area contributed by atoms with Crippen LogP contribution in [-0.4, -0.2) is 31.1 Å². The molecule has 0 bridgehead atoms. The molecule has 2 N–H and O–H groups in total. The summed E-state index contributed by atoms with van der Waals surface area (Å²) in [5.74, 6) is 0.690. The first-order valence-corrected chi connectivity index (χ1v) is 6.58. The van der Waals surface area contributed by atoms with Crippen LogP contribution in [0.25, 0.3) is 0 Å². The van der Waals surface area contributed by atoms with Crippen molar-refractivity contribution in [3.63, 3.8) is 0 Å². The summed E-state index contributed by atoms with van der Waals surface area (Å²) in [5, 5.41) is 2.89. The van der Waals surface area contributed by atoms with Gasteiger partial charge in [0.25, 0.3) is 5.91 Å². The summed E-state index contributed by atoms with van der Waals surface area (Å²) in [4.78, 5) is 17.2. The van der Waals surface area contributed by atoms with E-state index in [1.807, 2.05) is 32.2 Å². The standard InChI is InChI=1S/C15H17N3O2/c1-10-8-16-9-12(10)15(19)17-11-3-4-13-14(7-11)20-6-5-18(13)2/h3-4,7-9,16H,5-6H2,1-2H3,(H,17,19). The summed E-state index contributed by atoms with van der Waals surface area (Å²) in [5.41, 5.74) is 3.37. The molecule has 2 aromatic rings. The molecule has 0 aliphatic carbocycles. The second-order valence-electron chi connectivity index (χ2n) is 4.96. The molecule has 3 rings (SSSR count). The van der Waals surface area contributed by atoms with Gasteiger partial charge in [-0.2, -0.15) is 0 Å². The average molecular weight is 271 g/mol. The Hall–Kier alpha value is -2.43. The number of carbonyl (C=O) groups is 1. The summed E-state index contributed by atoms with van der Waals surface area (Å²) < 4.78 is 5.63. The normalized spacial score (nSPS) is 13.6. The van der Waals surface area contributed by atoms with E-state index >= 15 is 0 Å². The molecular weight excluding hydrogens is 254 g/mol. The topological polar surface area (TPSA) is 57.4 Å². The number of fused-ring (bicyclic) bond motifs is 1. The van der Waals surface area contributed by atoms with E-state index in [9.17, 15) is 4.79 Å². The molecule has 1 amide bonds. The summed E-state index contributed by atoms with van der Waals surface area (Å²) in [6.07, 6.45) is 3.51. The summed E-state index contributed by atoms with van der Waals surface area (Å²) in [6.45, 7) is 3.44. The number of amides is 1. The number of aromatic amines is 1. The van der Waals surface area contributed by atoms with E-state index in [1.165, 1.54) is 0 Å². The third-order valence-electron chi connectivity index (χ3n) is 3.51. The first kappa shape index (κ1) is 12.6. The third-order valence-corrected chi connectivity index (χ3v) is 3.51. The van der Waals surface area contributed by atoms with Crippen molar-refractivity contribution < 1.29 is 9.53 Å². The average Bonchev–Trinajstić information content (AvgIpc) is 2.85. The molecule has 1 aliphatic heterocycles. The molecule has 1 aromatic heterocycles. The number of aryl methyl sites for hydroxylation is 1. The van der Waals surface area contributed by atoms with Crippen molar-refractivity contribution in [2.45, 2.75) is 6.92 Å². The number of hydrogen-bond acceptors (Lipinski definition) is 3. The Morgan fingerprint density at radius 2 is 2.25 bits per heavy atom. The number of aromatic nitrogens is 1. The monoisotopic (exact) mass is 271 g/mol. The molecule has 0 fully saturated rings. The van der Waals surface area contributed by atoms with Crippen LogP contribution in [-0.2, 0) is 0 Å². The molecule has 5 heteroatoms. The van der Waals surface area contributed by atoms with Crippen molar-refractivity contribution in [2.75, 3.05) is 30.4 Å². The number of carbonyl (C=O) groups excluding carboxylic acids is 1. The molecule has 0 unspecified atom stereocenters.